The Morgan fingerprint density at radius 1 is 1.00 bits per heavy atom. The topological polar surface area (TPSA) is 115 Å². The molecule has 4 rings (SSSR count). The summed E-state index contributed by atoms with van der Waals surface area (Å²) in [6.45, 7) is -0.354. The van der Waals surface area contributed by atoms with E-state index in [2.05, 4.69) is 10.5 Å². The van der Waals surface area contributed by atoms with Crippen LogP contribution >= 0.6 is 0 Å². The van der Waals surface area contributed by atoms with Gasteiger partial charge in [-0.1, -0.05) is 59.8 Å². The van der Waals surface area contributed by atoms with Crippen LogP contribution in [-0.2, 0) is 21.4 Å². The number of carbonyl (C=O) groups excluding carboxylic acids is 1. The van der Waals surface area contributed by atoms with Crippen molar-refractivity contribution in [2.75, 3.05) is 16.7 Å². The van der Waals surface area contributed by atoms with E-state index < -0.39 is 21.7 Å². The second kappa shape index (κ2) is 9.13. The molecule has 10 heteroatoms. The van der Waals surface area contributed by atoms with Gasteiger partial charge in [-0.3, -0.25) is 13.6 Å². The smallest absolute Gasteiger partial charge is 0.324 e. The zero-order valence-corrected chi connectivity index (χ0v) is 18.4. The lowest BCUT2D eigenvalue weighted by Gasteiger charge is -2.19. The van der Waals surface area contributed by atoms with Crippen LogP contribution in [0.5, 0.6) is 0 Å². The van der Waals surface area contributed by atoms with Crippen LogP contribution in [0.15, 0.2) is 99.1 Å². The number of rotatable bonds is 7. The van der Waals surface area contributed by atoms with Gasteiger partial charge in [-0.25, -0.2) is 17.8 Å². The third kappa shape index (κ3) is 4.70. The molecule has 0 aliphatic heterocycles. The molecule has 1 aromatic heterocycles. The third-order valence-electron chi connectivity index (χ3n) is 4.92. The summed E-state index contributed by atoms with van der Waals surface area (Å²) in [4.78, 5) is 24.7. The van der Waals surface area contributed by atoms with Gasteiger partial charge in [0, 0.05) is 18.3 Å². The van der Waals surface area contributed by atoms with Crippen LogP contribution < -0.4 is 15.4 Å². The fraction of sp³-hybridized carbons (Fsp3) is 0.0870. The summed E-state index contributed by atoms with van der Waals surface area (Å²) in [5.41, 5.74) is 1.40. The molecule has 0 aliphatic carbocycles. The van der Waals surface area contributed by atoms with Gasteiger partial charge < -0.3 is 5.32 Å². The Morgan fingerprint density at radius 3 is 2.36 bits per heavy atom. The van der Waals surface area contributed by atoms with Crippen molar-refractivity contribution in [3.8, 4) is 11.4 Å². The number of nitrogens with one attached hydrogen (secondary N) is 1. The lowest BCUT2D eigenvalue weighted by molar-refractivity contribution is -0.116. The van der Waals surface area contributed by atoms with E-state index in [1.54, 1.807) is 60.7 Å². The van der Waals surface area contributed by atoms with Gasteiger partial charge in [-0.15, -0.1) is 0 Å². The van der Waals surface area contributed by atoms with E-state index >= 15 is 0 Å². The Balaban J connectivity index is 1.54. The average Bonchev–Trinajstić information content (AvgIpc) is 3.19. The minimum Gasteiger partial charge on any atom is -0.324 e. The molecule has 1 amide bonds. The monoisotopic (exact) mass is 464 g/mol. The molecule has 0 bridgehead atoms. The molecule has 168 valence electrons. The molecule has 1 N–H and O–H groups in total. The standard InChI is InChI=1S/C23H20N4O5S/c1-26(19-12-6-3-7-13-19)33(30,31)20-14-8-11-18(15-20)24-21(28)16-27-22(25-32-23(27)29)17-9-4-2-5-10-17/h2-15H,16H2,1H3,(H,24,28). The van der Waals surface area contributed by atoms with Crippen LogP contribution in [0.4, 0.5) is 11.4 Å². The highest BCUT2D eigenvalue weighted by Crippen LogP contribution is 2.24. The lowest BCUT2D eigenvalue weighted by atomic mass is 10.2. The molecule has 0 fully saturated rings. The van der Waals surface area contributed by atoms with E-state index in [9.17, 15) is 18.0 Å². The first-order valence-electron chi connectivity index (χ1n) is 9.92. The number of sulfonamides is 1. The Morgan fingerprint density at radius 2 is 1.67 bits per heavy atom. The molecule has 3 aromatic carbocycles. The number of benzene rings is 3. The van der Waals surface area contributed by atoms with Gasteiger partial charge in [-0.05, 0) is 30.3 Å². The van der Waals surface area contributed by atoms with Crippen LogP contribution in [-0.4, -0.2) is 31.1 Å². The number of amides is 1. The van der Waals surface area contributed by atoms with Crippen molar-refractivity contribution in [3.05, 3.63) is 95.5 Å². The summed E-state index contributed by atoms with van der Waals surface area (Å²) >= 11 is 0. The summed E-state index contributed by atoms with van der Waals surface area (Å²) in [5.74, 6) is -1.09. The lowest BCUT2D eigenvalue weighted by Crippen LogP contribution is -2.27. The molecule has 0 radical (unpaired) electrons. The molecule has 4 aromatic rings. The molecule has 0 unspecified atom stereocenters. The Hall–Kier alpha value is -4.18. The van der Waals surface area contributed by atoms with Crippen molar-refractivity contribution in [2.45, 2.75) is 11.4 Å². The van der Waals surface area contributed by atoms with Crippen molar-refractivity contribution in [2.24, 2.45) is 0 Å². The summed E-state index contributed by atoms with van der Waals surface area (Å²) in [6, 6.07) is 23.4. The Bertz CT molecular complexity index is 1430. The molecule has 0 spiro atoms. The van der Waals surface area contributed by atoms with Crippen LogP contribution in [0.1, 0.15) is 0 Å². The van der Waals surface area contributed by atoms with E-state index in [-0.39, 0.29) is 23.0 Å². The second-order valence-electron chi connectivity index (χ2n) is 7.11. The first kappa shape index (κ1) is 22.0. The van der Waals surface area contributed by atoms with E-state index in [1.165, 1.54) is 25.2 Å². The van der Waals surface area contributed by atoms with Crippen LogP contribution in [0.2, 0.25) is 0 Å². The molecule has 33 heavy (non-hydrogen) atoms. The maximum atomic E-state index is 13.0. The quantitative estimate of drug-likeness (QED) is 0.450. The number of anilines is 2. The predicted molar refractivity (Wildman–Crippen MR) is 123 cm³/mol. The average molecular weight is 465 g/mol. The molecule has 0 saturated carbocycles. The van der Waals surface area contributed by atoms with Crippen molar-refractivity contribution in [1.82, 2.24) is 9.72 Å². The van der Waals surface area contributed by atoms with Crippen molar-refractivity contribution >= 4 is 27.3 Å². The summed E-state index contributed by atoms with van der Waals surface area (Å²) in [5, 5.41) is 6.38. The van der Waals surface area contributed by atoms with Gasteiger partial charge in [-0.2, -0.15) is 0 Å². The Kier molecular flexibility index (Phi) is 6.09. The first-order valence-corrected chi connectivity index (χ1v) is 11.4. The molecule has 1 heterocycles. The zero-order chi connectivity index (χ0) is 23.4. The van der Waals surface area contributed by atoms with Gasteiger partial charge in [0.1, 0.15) is 6.54 Å². The van der Waals surface area contributed by atoms with Gasteiger partial charge in [0.25, 0.3) is 10.0 Å². The minimum atomic E-state index is -3.85. The van der Waals surface area contributed by atoms with E-state index in [4.69, 9.17) is 4.52 Å². The van der Waals surface area contributed by atoms with Crippen LogP contribution in [0.25, 0.3) is 11.4 Å². The van der Waals surface area contributed by atoms with E-state index in [0.29, 0.717) is 11.3 Å². The molecule has 0 atom stereocenters. The fourth-order valence-corrected chi connectivity index (χ4v) is 4.46. The van der Waals surface area contributed by atoms with Crippen LogP contribution in [0, 0.1) is 0 Å². The molecule has 0 aliphatic rings. The number of nitrogens with zero attached hydrogens (tertiary/aromatic N) is 3. The maximum Gasteiger partial charge on any atom is 0.442 e. The minimum absolute atomic E-state index is 0.0128. The molecule has 9 nitrogen and oxygen atoms in total. The van der Waals surface area contributed by atoms with Crippen LogP contribution in [0.3, 0.4) is 0 Å². The normalized spacial score (nSPS) is 11.2. The Labute approximate surface area is 189 Å². The SMILES string of the molecule is CN(c1ccccc1)S(=O)(=O)c1cccc(NC(=O)Cn2c(-c3ccccc3)noc2=O)c1. The molecular formula is C23H20N4O5S. The van der Waals surface area contributed by atoms with Gasteiger partial charge in [0.2, 0.25) is 5.91 Å². The van der Waals surface area contributed by atoms with Crippen molar-refractivity contribution in [1.29, 1.82) is 0 Å². The van der Waals surface area contributed by atoms with Gasteiger partial charge >= 0.3 is 5.76 Å². The van der Waals surface area contributed by atoms with E-state index in [1.807, 2.05) is 6.07 Å². The number of aromatic nitrogens is 2. The number of hydrogen-bond donors (Lipinski definition) is 1. The largest absolute Gasteiger partial charge is 0.442 e. The van der Waals surface area contributed by atoms with Crippen molar-refractivity contribution < 1.29 is 17.7 Å². The van der Waals surface area contributed by atoms with Crippen molar-refractivity contribution in [3.63, 3.8) is 0 Å². The predicted octanol–water partition coefficient (Wildman–Crippen LogP) is 2.97. The second-order valence-corrected chi connectivity index (χ2v) is 9.08. The number of hydrogen-bond acceptors (Lipinski definition) is 6. The highest BCUT2D eigenvalue weighted by atomic mass is 32.2. The maximum absolute atomic E-state index is 13.0. The van der Waals surface area contributed by atoms with Gasteiger partial charge in [0.05, 0.1) is 10.6 Å². The number of carbonyl (C=O) groups is 1. The third-order valence-corrected chi connectivity index (χ3v) is 6.70. The first-order chi connectivity index (χ1) is 15.9. The molecular weight excluding hydrogens is 444 g/mol. The molecule has 0 saturated heterocycles. The highest BCUT2D eigenvalue weighted by Gasteiger charge is 2.22. The summed E-state index contributed by atoms with van der Waals surface area (Å²) in [7, 11) is -2.39. The summed E-state index contributed by atoms with van der Waals surface area (Å²) < 4.78 is 33.0. The fourth-order valence-electron chi connectivity index (χ4n) is 3.22. The van der Waals surface area contributed by atoms with E-state index in [0.717, 1.165) is 8.87 Å². The van der Waals surface area contributed by atoms with Gasteiger partial charge in [0.15, 0.2) is 5.82 Å². The number of para-hydroxylation sites is 1. The zero-order valence-electron chi connectivity index (χ0n) is 17.6. The summed E-state index contributed by atoms with van der Waals surface area (Å²) in [6.07, 6.45) is 0. The highest BCUT2D eigenvalue weighted by molar-refractivity contribution is 7.92.